The molecule has 2 amide bonds. The molecule has 3 aliphatic rings. The Kier molecular flexibility index (Phi) is 9.27. The number of nitrogens with zero attached hydrogens (tertiary/aromatic N) is 4. The van der Waals surface area contributed by atoms with Crippen molar-refractivity contribution in [1.82, 2.24) is 24.9 Å². The average molecular weight is 510 g/mol. The van der Waals surface area contributed by atoms with Crippen molar-refractivity contribution in [1.29, 1.82) is 0 Å². The first-order valence-corrected chi connectivity index (χ1v) is 13.3. The van der Waals surface area contributed by atoms with Crippen molar-refractivity contribution in [3.63, 3.8) is 0 Å². The van der Waals surface area contributed by atoms with E-state index in [4.69, 9.17) is 0 Å². The Balaban J connectivity index is 0.00000342. The molecule has 9 heteroatoms. The summed E-state index contributed by atoms with van der Waals surface area (Å²) < 4.78 is 1.92. The third-order valence-electron chi connectivity index (χ3n) is 8.69. The highest BCUT2D eigenvalue weighted by atomic mass is 35.5. The number of piperazine rings is 1. The molecule has 2 saturated heterocycles. The van der Waals surface area contributed by atoms with E-state index in [1.165, 1.54) is 17.7 Å². The number of aliphatic hydroxyl groups excluding tert-OH is 1. The van der Waals surface area contributed by atoms with Crippen LogP contribution in [0.25, 0.3) is 0 Å². The number of halogens is 1. The Bertz CT molecular complexity index is 890. The molecular weight excluding hydrogens is 466 g/mol. The summed E-state index contributed by atoms with van der Waals surface area (Å²) in [6, 6.07) is -0.809. The molecule has 1 aromatic rings. The second kappa shape index (κ2) is 11.6. The minimum atomic E-state index is -0.809. The van der Waals surface area contributed by atoms with Gasteiger partial charge in [-0.25, -0.2) is 0 Å². The Morgan fingerprint density at radius 3 is 2.37 bits per heavy atom. The van der Waals surface area contributed by atoms with Crippen LogP contribution in [0.15, 0.2) is 0 Å². The van der Waals surface area contributed by atoms with Crippen LogP contribution in [0, 0.1) is 19.8 Å². The van der Waals surface area contributed by atoms with E-state index in [-0.39, 0.29) is 30.1 Å². The zero-order chi connectivity index (χ0) is 24.5. The molecule has 1 spiro atoms. The first-order valence-electron chi connectivity index (χ1n) is 13.3. The Labute approximate surface area is 216 Å². The van der Waals surface area contributed by atoms with Crippen molar-refractivity contribution in [2.24, 2.45) is 13.0 Å². The number of nitrogens with one attached hydrogen (secondary N) is 1. The largest absolute Gasteiger partial charge is 0.390 e. The minimum absolute atomic E-state index is 0. The molecule has 2 atom stereocenters. The predicted molar refractivity (Wildman–Crippen MR) is 138 cm³/mol. The Hall–Kier alpha value is -1.64. The van der Waals surface area contributed by atoms with Gasteiger partial charge in [-0.05, 0) is 51.9 Å². The van der Waals surface area contributed by atoms with E-state index < -0.39 is 17.7 Å². The van der Waals surface area contributed by atoms with Crippen LogP contribution in [0.5, 0.6) is 0 Å². The van der Waals surface area contributed by atoms with E-state index in [0.717, 1.165) is 63.9 Å². The average Bonchev–Trinajstić information content (AvgIpc) is 3.08. The van der Waals surface area contributed by atoms with E-state index >= 15 is 0 Å². The van der Waals surface area contributed by atoms with Gasteiger partial charge in [0.25, 0.3) is 0 Å². The number of likely N-dealkylation sites (tertiary alicyclic amines) is 1. The lowest BCUT2D eigenvalue weighted by Crippen LogP contribution is -2.75. The fourth-order valence-electron chi connectivity index (χ4n) is 6.31. The molecule has 2 aliphatic heterocycles. The van der Waals surface area contributed by atoms with Crippen LogP contribution >= 0.6 is 12.4 Å². The number of aromatic nitrogens is 2. The summed E-state index contributed by atoms with van der Waals surface area (Å²) in [4.78, 5) is 31.6. The summed E-state index contributed by atoms with van der Waals surface area (Å²) in [6.07, 6.45) is 7.51. The standard InChI is InChI=1S/C26H43N5O3.ClH/c1-5-6-14-31-24(33)22(23(32)20-10-8-7-9-11-20)27-25(34)26(31)12-15-30(16-13-26)17-21-18(2)28-29(4)19(21)3;/h20,22-23,32H,5-17H2,1-4H3,(H,27,34);1H/t22-,23-;/m1./s1. The van der Waals surface area contributed by atoms with Gasteiger partial charge in [0.2, 0.25) is 11.8 Å². The summed E-state index contributed by atoms with van der Waals surface area (Å²) in [5.74, 6) is -0.0622. The fraction of sp³-hybridized carbons (Fsp3) is 0.808. The second-order valence-electron chi connectivity index (χ2n) is 10.8. The van der Waals surface area contributed by atoms with Crippen LogP contribution in [0.2, 0.25) is 0 Å². The maximum absolute atomic E-state index is 13.7. The van der Waals surface area contributed by atoms with Gasteiger partial charge in [0.15, 0.2) is 0 Å². The normalized spacial score (nSPS) is 24.4. The van der Waals surface area contributed by atoms with Crippen LogP contribution in [0.1, 0.15) is 81.7 Å². The molecule has 2 N–H and O–H groups in total. The maximum atomic E-state index is 13.7. The summed E-state index contributed by atoms with van der Waals surface area (Å²) >= 11 is 0. The molecule has 0 aromatic carbocycles. The van der Waals surface area contributed by atoms with Crippen molar-refractivity contribution >= 4 is 24.2 Å². The summed E-state index contributed by atoms with van der Waals surface area (Å²) in [6.45, 7) is 9.16. The molecule has 1 saturated carbocycles. The fourth-order valence-corrected chi connectivity index (χ4v) is 6.31. The predicted octanol–water partition coefficient (Wildman–Crippen LogP) is 2.86. The maximum Gasteiger partial charge on any atom is 0.248 e. The van der Waals surface area contributed by atoms with Crippen LogP contribution in [-0.2, 0) is 23.2 Å². The van der Waals surface area contributed by atoms with Crippen molar-refractivity contribution in [3.8, 4) is 0 Å². The van der Waals surface area contributed by atoms with Crippen LogP contribution in [0.4, 0.5) is 0 Å². The van der Waals surface area contributed by atoms with Gasteiger partial charge in [-0.1, -0.05) is 32.6 Å². The highest BCUT2D eigenvalue weighted by Crippen LogP contribution is 2.36. The van der Waals surface area contributed by atoms with Crippen LogP contribution in [-0.4, -0.2) is 73.8 Å². The molecule has 198 valence electrons. The number of hydrogen-bond donors (Lipinski definition) is 2. The van der Waals surface area contributed by atoms with Gasteiger partial charge in [-0.15, -0.1) is 12.4 Å². The van der Waals surface area contributed by atoms with E-state index in [1.54, 1.807) is 0 Å². The molecule has 0 radical (unpaired) electrons. The SMILES string of the molecule is CCCCN1C(=O)[C@@H]([C@H](O)C2CCCCC2)NC(=O)C12CCN(Cc1c(C)nn(C)c1C)CC2.Cl. The number of aryl methyl sites for hydroxylation is 2. The van der Waals surface area contributed by atoms with Gasteiger partial charge in [0.1, 0.15) is 11.6 Å². The molecule has 8 nitrogen and oxygen atoms in total. The smallest absolute Gasteiger partial charge is 0.248 e. The molecule has 0 unspecified atom stereocenters. The third-order valence-corrected chi connectivity index (χ3v) is 8.69. The van der Waals surface area contributed by atoms with E-state index in [1.807, 2.05) is 23.6 Å². The number of amides is 2. The lowest BCUT2D eigenvalue weighted by molar-refractivity contribution is -0.166. The number of carbonyl (C=O) groups excluding carboxylic acids is 2. The van der Waals surface area contributed by atoms with Crippen LogP contribution < -0.4 is 5.32 Å². The molecular formula is C26H44ClN5O3. The molecule has 1 aliphatic carbocycles. The van der Waals surface area contributed by atoms with Crippen molar-refractivity contribution in [2.75, 3.05) is 19.6 Å². The van der Waals surface area contributed by atoms with Gasteiger partial charge in [0.05, 0.1) is 11.8 Å². The first kappa shape index (κ1) is 27.9. The zero-order valence-corrected chi connectivity index (χ0v) is 22.7. The summed E-state index contributed by atoms with van der Waals surface area (Å²) in [5.41, 5.74) is 2.67. The minimum Gasteiger partial charge on any atom is -0.390 e. The zero-order valence-electron chi connectivity index (χ0n) is 21.9. The van der Waals surface area contributed by atoms with Crippen molar-refractivity contribution in [3.05, 3.63) is 17.0 Å². The van der Waals surface area contributed by atoms with E-state index in [2.05, 4.69) is 29.2 Å². The quantitative estimate of drug-likeness (QED) is 0.589. The second-order valence-corrected chi connectivity index (χ2v) is 10.8. The number of aliphatic hydroxyl groups is 1. The highest BCUT2D eigenvalue weighted by molar-refractivity contribution is 6.00. The molecule has 1 aromatic heterocycles. The summed E-state index contributed by atoms with van der Waals surface area (Å²) in [5, 5.41) is 18.6. The number of carbonyl (C=O) groups is 2. The van der Waals surface area contributed by atoms with Gasteiger partial charge < -0.3 is 15.3 Å². The van der Waals surface area contributed by atoms with E-state index in [9.17, 15) is 14.7 Å². The number of piperidine rings is 1. The third kappa shape index (κ3) is 5.39. The monoisotopic (exact) mass is 509 g/mol. The summed E-state index contributed by atoms with van der Waals surface area (Å²) in [7, 11) is 1.97. The number of unbranched alkanes of at least 4 members (excludes halogenated alkanes) is 1. The van der Waals surface area contributed by atoms with Gasteiger partial charge in [-0.2, -0.15) is 5.10 Å². The highest BCUT2D eigenvalue weighted by Gasteiger charge is 2.55. The number of hydrogen-bond acceptors (Lipinski definition) is 5. The molecule has 3 fully saturated rings. The lowest BCUT2D eigenvalue weighted by Gasteiger charge is -2.52. The van der Waals surface area contributed by atoms with Crippen molar-refractivity contribution in [2.45, 2.75) is 103 Å². The first-order chi connectivity index (χ1) is 16.3. The molecule has 3 heterocycles. The Morgan fingerprint density at radius 2 is 1.80 bits per heavy atom. The van der Waals surface area contributed by atoms with Gasteiger partial charge >= 0.3 is 0 Å². The van der Waals surface area contributed by atoms with E-state index in [0.29, 0.717) is 19.4 Å². The Morgan fingerprint density at radius 1 is 1.14 bits per heavy atom. The molecule has 35 heavy (non-hydrogen) atoms. The number of rotatable bonds is 7. The lowest BCUT2D eigenvalue weighted by atomic mass is 9.78. The van der Waals surface area contributed by atoms with Gasteiger partial charge in [0, 0.05) is 44.5 Å². The molecule has 4 rings (SSSR count). The van der Waals surface area contributed by atoms with Crippen LogP contribution in [0.3, 0.4) is 0 Å². The topological polar surface area (TPSA) is 90.7 Å². The van der Waals surface area contributed by atoms with Crippen molar-refractivity contribution < 1.29 is 14.7 Å². The van der Waals surface area contributed by atoms with Gasteiger partial charge in [-0.3, -0.25) is 19.2 Å². The molecule has 0 bridgehead atoms.